The van der Waals surface area contributed by atoms with Crippen LogP contribution in [-0.2, 0) is 29.1 Å². The molecule has 0 fully saturated rings. The number of amides is 2. The summed E-state index contributed by atoms with van der Waals surface area (Å²) in [5.74, 6) is -0.358. The molecule has 0 saturated carbocycles. The van der Waals surface area contributed by atoms with Crippen molar-refractivity contribution in [2.75, 3.05) is 20.2 Å². The average molecular weight is 592 g/mol. The smallest absolute Gasteiger partial charge is 0.242 e. The van der Waals surface area contributed by atoms with Crippen molar-refractivity contribution in [2.24, 2.45) is 0 Å². The average Bonchev–Trinajstić information content (AvgIpc) is 3.47. The molecule has 4 aromatic carbocycles. The second-order valence-electron chi connectivity index (χ2n) is 10.9. The fourth-order valence-corrected chi connectivity index (χ4v) is 5.67. The van der Waals surface area contributed by atoms with Gasteiger partial charge in [-0.25, -0.2) is 4.39 Å². The molecule has 1 N–H and O–H groups in total. The van der Waals surface area contributed by atoms with E-state index in [1.54, 1.807) is 29.0 Å². The summed E-state index contributed by atoms with van der Waals surface area (Å²) in [6.07, 6.45) is 3.22. The standard InChI is InChI=1S/C37H38FN3O3/c1-3-32(28-11-5-4-6-12-28)37(43)41(24-27-17-19-31(38)20-18-27)26-36(42)40(25-30-13-7-10-16-35(30)44-2)22-21-29-23-39-34-15-9-8-14-33(29)34/h4-20,23,32,39H,3,21-22,24-26H2,1-2H3. The van der Waals surface area contributed by atoms with Crippen molar-refractivity contribution in [3.8, 4) is 5.75 Å². The van der Waals surface area contributed by atoms with Gasteiger partial charge in [-0.05, 0) is 53.8 Å². The molecule has 0 spiro atoms. The molecule has 0 bridgehead atoms. The summed E-state index contributed by atoms with van der Waals surface area (Å²) < 4.78 is 19.3. The van der Waals surface area contributed by atoms with Gasteiger partial charge in [-0.3, -0.25) is 9.59 Å². The highest BCUT2D eigenvalue weighted by Gasteiger charge is 2.28. The molecular formula is C37H38FN3O3. The van der Waals surface area contributed by atoms with Crippen LogP contribution in [0.5, 0.6) is 5.75 Å². The lowest BCUT2D eigenvalue weighted by atomic mass is 9.94. The van der Waals surface area contributed by atoms with Crippen LogP contribution >= 0.6 is 0 Å². The number of ether oxygens (including phenoxy) is 1. The highest BCUT2D eigenvalue weighted by atomic mass is 19.1. The molecule has 1 unspecified atom stereocenters. The number of carbonyl (C=O) groups excluding carboxylic acids is 2. The number of aromatic amines is 1. The number of fused-ring (bicyclic) bond motifs is 1. The van der Waals surface area contributed by atoms with Gasteiger partial charge in [-0.2, -0.15) is 0 Å². The minimum Gasteiger partial charge on any atom is -0.496 e. The van der Waals surface area contributed by atoms with Gasteiger partial charge in [-0.1, -0.05) is 85.8 Å². The van der Waals surface area contributed by atoms with Gasteiger partial charge in [0.15, 0.2) is 0 Å². The van der Waals surface area contributed by atoms with Gasteiger partial charge >= 0.3 is 0 Å². The van der Waals surface area contributed by atoms with Crippen LogP contribution in [0.4, 0.5) is 4.39 Å². The zero-order valence-corrected chi connectivity index (χ0v) is 25.2. The van der Waals surface area contributed by atoms with Crippen molar-refractivity contribution in [2.45, 2.75) is 38.8 Å². The number of hydrogen-bond acceptors (Lipinski definition) is 3. The van der Waals surface area contributed by atoms with Crippen LogP contribution < -0.4 is 4.74 Å². The number of benzene rings is 4. The third-order valence-electron chi connectivity index (χ3n) is 8.07. The minimum atomic E-state index is -0.404. The molecule has 7 heteroatoms. The third-order valence-corrected chi connectivity index (χ3v) is 8.07. The monoisotopic (exact) mass is 591 g/mol. The maximum absolute atomic E-state index is 14.2. The molecule has 0 aliphatic carbocycles. The van der Waals surface area contributed by atoms with E-state index < -0.39 is 5.92 Å². The van der Waals surface area contributed by atoms with E-state index in [9.17, 15) is 14.0 Å². The number of rotatable bonds is 13. The number of hydrogen-bond donors (Lipinski definition) is 1. The fraction of sp³-hybridized carbons (Fsp3) is 0.243. The number of nitrogens with zero attached hydrogens (tertiary/aromatic N) is 2. The fourth-order valence-electron chi connectivity index (χ4n) is 5.67. The molecule has 5 aromatic rings. The summed E-state index contributed by atoms with van der Waals surface area (Å²) in [4.78, 5) is 35.0. The Morgan fingerprint density at radius 2 is 1.52 bits per heavy atom. The lowest BCUT2D eigenvalue weighted by Crippen LogP contribution is -2.44. The number of nitrogens with one attached hydrogen (secondary N) is 1. The zero-order chi connectivity index (χ0) is 30.9. The zero-order valence-electron chi connectivity index (χ0n) is 25.2. The summed E-state index contributed by atoms with van der Waals surface area (Å²) in [6, 6.07) is 31.5. The lowest BCUT2D eigenvalue weighted by molar-refractivity contribution is -0.142. The number of halogens is 1. The summed E-state index contributed by atoms with van der Waals surface area (Å²) in [7, 11) is 1.62. The first-order valence-electron chi connectivity index (χ1n) is 15.0. The van der Waals surface area contributed by atoms with Crippen LogP contribution in [0.25, 0.3) is 10.9 Å². The number of aromatic nitrogens is 1. The minimum absolute atomic E-state index is 0.109. The Kier molecular flexibility index (Phi) is 10.1. The largest absolute Gasteiger partial charge is 0.496 e. The third kappa shape index (κ3) is 7.35. The molecule has 0 aliphatic heterocycles. The van der Waals surface area contributed by atoms with Crippen LogP contribution in [0, 0.1) is 5.82 Å². The summed E-state index contributed by atoms with van der Waals surface area (Å²) in [5, 5.41) is 1.12. The van der Waals surface area contributed by atoms with E-state index in [1.807, 2.05) is 85.9 Å². The molecule has 0 aliphatic rings. The van der Waals surface area contributed by atoms with Crippen LogP contribution in [0.1, 0.15) is 41.5 Å². The van der Waals surface area contributed by atoms with Gasteiger partial charge in [0.1, 0.15) is 18.1 Å². The molecule has 226 valence electrons. The molecular weight excluding hydrogens is 553 g/mol. The van der Waals surface area contributed by atoms with Crippen molar-refractivity contribution < 1.29 is 18.7 Å². The Bertz CT molecular complexity index is 1680. The highest BCUT2D eigenvalue weighted by Crippen LogP contribution is 2.25. The first-order chi connectivity index (χ1) is 21.5. The van der Waals surface area contributed by atoms with Crippen LogP contribution in [-0.4, -0.2) is 46.8 Å². The van der Waals surface area contributed by atoms with Crippen LogP contribution in [0.2, 0.25) is 0 Å². The predicted octanol–water partition coefficient (Wildman–Crippen LogP) is 7.11. The number of H-pyrrole nitrogens is 1. The van der Waals surface area contributed by atoms with Crippen molar-refractivity contribution in [1.29, 1.82) is 0 Å². The Morgan fingerprint density at radius 1 is 0.818 bits per heavy atom. The lowest BCUT2D eigenvalue weighted by Gasteiger charge is -2.30. The van der Waals surface area contributed by atoms with E-state index in [0.29, 0.717) is 31.7 Å². The topological polar surface area (TPSA) is 65.6 Å². The number of carbonyl (C=O) groups is 2. The van der Waals surface area contributed by atoms with E-state index >= 15 is 0 Å². The Balaban J connectivity index is 1.43. The highest BCUT2D eigenvalue weighted by molar-refractivity contribution is 5.89. The molecule has 44 heavy (non-hydrogen) atoms. The molecule has 0 saturated heterocycles. The Labute approximate surface area is 258 Å². The quantitative estimate of drug-likeness (QED) is 0.159. The second kappa shape index (κ2) is 14.5. The van der Waals surface area contributed by atoms with Gasteiger partial charge in [0.05, 0.1) is 13.0 Å². The maximum atomic E-state index is 14.2. The summed E-state index contributed by atoms with van der Waals surface area (Å²) in [5.41, 5.74) is 4.71. The Morgan fingerprint density at radius 3 is 2.27 bits per heavy atom. The normalized spacial score (nSPS) is 11.7. The second-order valence-corrected chi connectivity index (χ2v) is 10.9. The summed E-state index contributed by atoms with van der Waals surface area (Å²) >= 11 is 0. The first kappa shape index (κ1) is 30.5. The molecule has 1 heterocycles. The SMILES string of the molecule is CCC(C(=O)N(CC(=O)N(CCc1c[nH]c2ccccc12)Cc1ccccc1OC)Cc1ccc(F)cc1)c1ccccc1. The predicted molar refractivity (Wildman–Crippen MR) is 172 cm³/mol. The number of methoxy groups -OCH3 is 1. The van der Waals surface area contributed by atoms with Crippen LogP contribution in [0.15, 0.2) is 109 Å². The Hall–Kier alpha value is -4.91. The van der Waals surface area contributed by atoms with Crippen molar-refractivity contribution in [3.05, 3.63) is 137 Å². The first-order valence-corrected chi connectivity index (χ1v) is 15.0. The van der Waals surface area contributed by atoms with Gasteiger partial charge in [0, 0.05) is 42.3 Å². The van der Waals surface area contributed by atoms with E-state index in [4.69, 9.17) is 4.74 Å². The van der Waals surface area contributed by atoms with Gasteiger partial charge in [0.25, 0.3) is 0 Å². The van der Waals surface area contributed by atoms with E-state index in [2.05, 4.69) is 11.1 Å². The van der Waals surface area contributed by atoms with Gasteiger partial charge in [0.2, 0.25) is 11.8 Å². The van der Waals surface area contributed by atoms with Crippen molar-refractivity contribution in [1.82, 2.24) is 14.8 Å². The molecule has 2 amide bonds. The van der Waals surface area contributed by atoms with Crippen molar-refractivity contribution in [3.63, 3.8) is 0 Å². The molecule has 1 aromatic heterocycles. The van der Waals surface area contributed by atoms with Gasteiger partial charge in [-0.15, -0.1) is 0 Å². The van der Waals surface area contributed by atoms with E-state index in [1.165, 1.54) is 12.1 Å². The van der Waals surface area contributed by atoms with E-state index in [0.717, 1.165) is 33.2 Å². The molecule has 6 nitrogen and oxygen atoms in total. The maximum Gasteiger partial charge on any atom is 0.242 e. The number of para-hydroxylation sites is 2. The molecule has 5 rings (SSSR count). The van der Waals surface area contributed by atoms with Gasteiger partial charge < -0.3 is 19.5 Å². The van der Waals surface area contributed by atoms with Crippen LogP contribution in [0.3, 0.4) is 0 Å². The molecule has 1 atom stereocenters. The van der Waals surface area contributed by atoms with Crippen molar-refractivity contribution >= 4 is 22.7 Å². The molecule has 0 radical (unpaired) electrons. The van der Waals surface area contributed by atoms with E-state index in [-0.39, 0.29) is 30.7 Å². The summed E-state index contributed by atoms with van der Waals surface area (Å²) in [6.45, 7) is 2.84.